The van der Waals surface area contributed by atoms with Gasteiger partial charge in [0.25, 0.3) is 5.91 Å². The molecule has 0 unspecified atom stereocenters. The lowest BCUT2D eigenvalue weighted by atomic mass is 10.0. The SMILES string of the molecule is CC(C)(C)NC(=O)c1cccc(-c2cc(Oc3ccccc3)ncn2)c1. The molecule has 0 atom stereocenters. The standard InChI is InChI=1S/C21H21N3O2/c1-21(2,3)24-20(25)16-9-7-8-15(12-16)18-13-19(23-14-22-18)26-17-10-5-4-6-11-17/h4-14H,1-3H3,(H,24,25). The van der Waals surface area contributed by atoms with Crippen LogP contribution in [-0.2, 0) is 0 Å². The van der Waals surface area contributed by atoms with Crippen LogP contribution >= 0.6 is 0 Å². The maximum Gasteiger partial charge on any atom is 0.251 e. The van der Waals surface area contributed by atoms with Crippen LogP contribution in [0.15, 0.2) is 67.0 Å². The Morgan fingerprint density at radius 2 is 1.73 bits per heavy atom. The minimum atomic E-state index is -0.293. The molecule has 2 aromatic carbocycles. The Morgan fingerprint density at radius 3 is 2.46 bits per heavy atom. The Morgan fingerprint density at radius 1 is 0.962 bits per heavy atom. The molecule has 0 aliphatic carbocycles. The number of benzene rings is 2. The molecule has 1 heterocycles. The molecule has 0 radical (unpaired) electrons. The van der Waals surface area contributed by atoms with E-state index in [9.17, 15) is 4.79 Å². The fourth-order valence-corrected chi connectivity index (χ4v) is 2.39. The molecule has 1 N–H and O–H groups in total. The predicted octanol–water partition coefficient (Wildman–Crippen LogP) is 4.46. The zero-order valence-corrected chi connectivity index (χ0v) is 15.1. The maximum absolute atomic E-state index is 12.4. The summed E-state index contributed by atoms with van der Waals surface area (Å²) in [5.41, 5.74) is 1.81. The van der Waals surface area contributed by atoms with Crippen LogP contribution < -0.4 is 10.1 Å². The lowest BCUT2D eigenvalue weighted by molar-refractivity contribution is 0.0919. The van der Waals surface area contributed by atoms with Gasteiger partial charge >= 0.3 is 0 Å². The number of nitrogens with zero attached hydrogens (tertiary/aromatic N) is 2. The number of carbonyl (C=O) groups is 1. The molecule has 0 aliphatic heterocycles. The van der Waals surface area contributed by atoms with Crippen LogP contribution in [0, 0.1) is 0 Å². The zero-order chi connectivity index (χ0) is 18.6. The first-order chi connectivity index (χ1) is 12.4. The normalized spacial score (nSPS) is 11.0. The van der Waals surface area contributed by atoms with E-state index in [0.717, 1.165) is 5.56 Å². The fraction of sp³-hybridized carbons (Fsp3) is 0.190. The highest BCUT2D eigenvalue weighted by molar-refractivity contribution is 5.95. The third kappa shape index (κ3) is 4.66. The average Bonchev–Trinajstić information content (AvgIpc) is 2.61. The van der Waals surface area contributed by atoms with Crippen molar-refractivity contribution < 1.29 is 9.53 Å². The molecular formula is C21H21N3O2. The van der Waals surface area contributed by atoms with Crippen molar-refractivity contribution in [2.24, 2.45) is 0 Å². The van der Waals surface area contributed by atoms with Gasteiger partial charge in [0.05, 0.1) is 5.69 Å². The molecule has 0 saturated carbocycles. The molecule has 1 aromatic heterocycles. The van der Waals surface area contributed by atoms with E-state index in [0.29, 0.717) is 22.9 Å². The first-order valence-electron chi connectivity index (χ1n) is 8.39. The average molecular weight is 347 g/mol. The predicted molar refractivity (Wildman–Crippen MR) is 101 cm³/mol. The largest absolute Gasteiger partial charge is 0.439 e. The Bertz CT molecular complexity index is 902. The maximum atomic E-state index is 12.4. The molecule has 0 aliphatic rings. The number of hydrogen-bond donors (Lipinski definition) is 1. The second-order valence-electron chi connectivity index (χ2n) is 6.94. The molecule has 3 aromatic rings. The summed E-state index contributed by atoms with van der Waals surface area (Å²) in [7, 11) is 0. The molecular weight excluding hydrogens is 326 g/mol. The summed E-state index contributed by atoms with van der Waals surface area (Å²) in [6.07, 6.45) is 1.45. The van der Waals surface area contributed by atoms with Crippen molar-refractivity contribution in [2.75, 3.05) is 0 Å². The Hall–Kier alpha value is -3.21. The fourth-order valence-electron chi connectivity index (χ4n) is 2.39. The molecule has 132 valence electrons. The second kappa shape index (κ2) is 7.35. The van der Waals surface area contributed by atoms with E-state index in [-0.39, 0.29) is 11.4 Å². The first kappa shape index (κ1) is 17.6. The smallest absolute Gasteiger partial charge is 0.251 e. The summed E-state index contributed by atoms with van der Waals surface area (Å²) in [6.45, 7) is 5.85. The van der Waals surface area contributed by atoms with Crippen LogP contribution in [0.4, 0.5) is 0 Å². The number of nitrogens with one attached hydrogen (secondary N) is 1. The molecule has 0 spiro atoms. The number of para-hydroxylation sites is 1. The highest BCUT2D eigenvalue weighted by atomic mass is 16.5. The van der Waals surface area contributed by atoms with E-state index in [1.165, 1.54) is 6.33 Å². The van der Waals surface area contributed by atoms with Gasteiger partial charge in [0.1, 0.15) is 12.1 Å². The third-order valence-electron chi connectivity index (χ3n) is 3.52. The Balaban J connectivity index is 1.84. The summed E-state index contributed by atoms with van der Waals surface area (Å²) in [6, 6.07) is 18.5. The first-order valence-corrected chi connectivity index (χ1v) is 8.39. The summed E-state index contributed by atoms with van der Waals surface area (Å²) < 4.78 is 5.75. The Labute approximate surface area is 153 Å². The van der Waals surface area contributed by atoms with Crippen molar-refractivity contribution in [3.8, 4) is 22.9 Å². The van der Waals surface area contributed by atoms with E-state index in [1.807, 2.05) is 69.3 Å². The van der Waals surface area contributed by atoms with E-state index in [4.69, 9.17) is 4.74 Å². The monoisotopic (exact) mass is 347 g/mol. The van der Waals surface area contributed by atoms with Gasteiger partial charge < -0.3 is 10.1 Å². The van der Waals surface area contributed by atoms with Crippen molar-refractivity contribution in [3.63, 3.8) is 0 Å². The minimum absolute atomic E-state index is 0.117. The molecule has 0 bridgehead atoms. The molecule has 5 nitrogen and oxygen atoms in total. The van der Waals surface area contributed by atoms with Crippen molar-refractivity contribution in [2.45, 2.75) is 26.3 Å². The number of carbonyl (C=O) groups excluding carboxylic acids is 1. The summed E-state index contributed by atoms with van der Waals surface area (Å²) in [5, 5.41) is 2.96. The molecule has 0 saturated heterocycles. The highest BCUT2D eigenvalue weighted by Gasteiger charge is 2.16. The molecule has 1 amide bonds. The number of ether oxygens (including phenoxy) is 1. The van der Waals surface area contributed by atoms with Crippen LogP contribution in [0.1, 0.15) is 31.1 Å². The van der Waals surface area contributed by atoms with Gasteiger partial charge in [0.2, 0.25) is 5.88 Å². The zero-order valence-electron chi connectivity index (χ0n) is 15.1. The number of hydrogen-bond acceptors (Lipinski definition) is 4. The van der Waals surface area contributed by atoms with Gasteiger partial charge in [-0.3, -0.25) is 4.79 Å². The van der Waals surface area contributed by atoms with Crippen molar-refractivity contribution in [1.29, 1.82) is 0 Å². The van der Waals surface area contributed by atoms with E-state index in [2.05, 4.69) is 15.3 Å². The third-order valence-corrected chi connectivity index (χ3v) is 3.52. The van der Waals surface area contributed by atoms with Crippen molar-refractivity contribution >= 4 is 5.91 Å². The van der Waals surface area contributed by atoms with Crippen LogP contribution in [0.25, 0.3) is 11.3 Å². The van der Waals surface area contributed by atoms with E-state index < -0.39 is 0 Å². The Kier molecular flexibility index (Phi) is 4.98. The van der Waals surface area contributed by atoms with E-state index in [1.54, 1.807) is 12.1 Å². The summed E-state index contributed by atoms with van der Waals surface area (Å²) in [5.74, 6) is 1.04. The van der Waals surface area contributed by atoms with Crippen LogP contribution in [0.5, 0.6) is 11.6 Å². The number of amides is 1. The quantitative estimate of drug-likeness (QED) is 0.756. The summed E-state index contributed by atoms with van der Waals surface area (Å²) in [4.78, 5) is 20.8. The van der Waals surface area contributed by atoms with Crippen LogP contribution in [-0.4, -0.2) is 21.4 Å². The lowest BCUT2D eigenvalue weighted by Gasteiger charge is -2.20. The molecule has 3 rings (SSSR count). The van der Waals surface area contributed by atoms with Gasteiger partial charge in [-0.1, -0.05) is 30.3 Å². The lowest BCUT2D eigenvalue weighted by Crippen LogP contribution is -2.40. The number of aromatic nitrogens is 2. The molecule has 0 fully saturated rings. The van der Waals surface area contributed by atoms with Crippen LogP contribution in [0.3, 0.4) is 0 Å². The molecule has 26 heavy (non-hydrogen) atoms. The minimum Gasteiger partial charge on any atom is -0.439 e. The second-order valence-corrected chi connectivity index (χ2v) is 6.94. The van der Waals surface area contributed by atoms with Gasteiger partial charge in [-0.2, -0.15) is 0 Å². The van der Waals surface area contributed by atoms with Gasteiger partial charge in [-0.25, -0.2) is 9.97 Å². The molecule has 5 heteroatoms. The van der Waals surface area contributed by atoms with Gasteiger partial charge in [-0.05, 0) is 45.0 Å². The number of rotatable bonds is 4. The van der Waals surface area contributed by atoms with Gasteiger partial charge in [0, 0.05) is 22.7 Å². The highest BCUT2D eigenvalue weighted by Crippen LogP contribution is 2.24. The van der Waals surface area contributed by atoms with E-state index >= 15 is 0 Å². The van der Waals surface area contributed by atoms with Gasteiger partial charge in [0.15, 0.2) is 0 Å². The summed E-state index contributed by atoms with van der Waals surface area (Å²) >= 11 is 0. The van der Waals surface area contributed by atoms with Crippen molar-refractivity contribution in [3.05, 3.63) is 72.6 Å². The van der Waals surface area contributed by atoms with Gasteiger partial charge in [-0.15, -0.1) is 0 Å². The topological polar surface area (TPSA) is 64.1 Å². The van der Waals surface area contributed by atoms with Crippen molar-refractivity contribution in [1.82, 2.24) is 15.3 Å². The van der Waals surface area contributed by atoms with Crippen LogP contribution in [0.2, 0.25) is 0 Å².